The summed E-state index contributed by atoms with van der Waals surface area (Å²) in [6.07, 6.45) is 0.978. The van der Waals surface area contributed by atoms with Crippen LogP contribution in [-0.2, 0) is 0 Å². The van der Waals surface area contributed by atoms with Gasteiger partial charge in [0.1, 0.15) is 0 Å². The van der Waals surface area contributed by atoms with Crippen molar-refractivity contribution in [1.29, 1.82) is 0 Å². The Morgan fingerprint density at radius 1 is 1.14 bits per heavy atom. The minimum absolute atomic E-state index is 0.0739. The van der Waals surface area contributed by atoms with Crippen molar-refractivity contribution in [3.63, 3.8) is 0 Å². The highest BCUT2D eigenvalue weighted by atomic mass is 16.6. The lowest BCUT2D eigenvalue weighted by Gasteiger charge is -2.39. The van der Waals surface area contributed by atoms with Gasteiger partial charge in [-0.2, -0.15) is 0 Å². The second-order valence-corrected chi connectivity index (χ2v) is 7.30. The Hall–Kier alpha value is -2.93. The van der Waals surface area contributed by atoms with E-state index in [2.05, 4.69) is 18.0 Å². The van der Waals surface area contributed by atoms with Crippen LogP contribution >= 0.6 is 0 Å². The van der Waals surface area contributed by atoms with Gasteiger partial charge >= 0.3 is 0 Å². The summed E-state index contributed by atoms with van der Waals surface area (Å²) in [5.41, 5.74) is 4.00. The van der Waals surface area contributed by atoms with Gasteiger partial charge in [-0.3, -0.25) is 15.1 Å². The van der Waals surface area contributed by atoms with Crippen LogP contribution in [0.4, 0.5) is 5.69 Å². The molecule has 0 unspecified atom stereocenters. The number of hydrogen-bond acceptors (Lipinski definition) is 6. The zero-order valence-electron chi connectivity index (χ0n) is 16.2. The highest BCUT2D eigenvalue weighted by Crippen LogP contribution is 2.42. The number of non-ortho nitro benzene ring substituents is 1. The molecule has 0 saturated carbocycles. The van der Waals surface area contributed by atoms with Crippen LogP contribution in [0.1, 0.15) is 29.0 Å². The Kier molecular flexibility index (Phi) is 4.77. The lowest BCUT2D eigenvalue weighted by molar-refractivity contribution is -0.384. The topological polar surface area (TPSA) is 77.2 Å². The summed E-state index contributed by atoms with van der Waals surface area (Å²) in [4.78, 5) is 18.0. The molecular weight excluding hydrogens is 358 g/mol. The lowest BCUT2D eigenvalue weighted by atomic mass is 9.79. The van der Waals surface area contributed by atoms with E-state index >= 15 is 0 Å². The SMILES string of the molecule is COc1cc2c(cc1OC)[C@H]1CN(C)CC[C@H]1N=C2c1ccc([N+](=O)[O-])cc1. The number of nitrogens with zero attached hydrogens (tertiary/aromatic N) is 3. The molecule has 0 N–H and O–H groups in total. The first-order valence-corrected chi connectivity index (χ1v) is 9.29. The summed E-state index contributed by atoms with van der Waals surface area (Å²) in [6, 6.07) is 10.8. The van der Waals surface area contributed by atoms with Crippen LogP contribution in [0.25, 0.3) is 0 Å². The van der Waals surface area contributed by atoms with E-state index in [0.717, 1.165) is 36.3 Å². The van der Waals surface area contributed by atoms with E-state index in [0.29, 0.717) is 11.5 Å². The third kappa shape index (κ3) is 3.11. The molecular formula is C21H23N3O4. The largest absolute Gasteiger partial charge is 0.493 e. The molecule has 2 aromatic carbocycles. The van der Waals surface area contributed by atoms with Crippen LogP contribution in [-0.4, -0.2) is 55.9 Å². The van der Waals surface area contributed by atoms with Gasteiger partial charge in [-0.1, -0.05) is 0 Å². The van der Waals surface area contributed by atoms with Gasteiger partial charge in [0.25, 0.3) is 5.69 Å². The number of ether oxygens (including phenoxy) is 2. The lowest BCUT2D eigenvalue weighted by Crippen LogP contribution is -2.41. The third-order valence-corrected chi connectivity index (χ3v) is 5.64. The Balaban J connectivity index is 1.86. The van der Waals surface area contributed by atoms with Crippen LogP contribution in [0.3, 0.4) is 0 Å². The molecule has 28 heavy (non-hydrogen) atoms. The highest BCUT2D eigenvalue weighted by molar-refractivity contribution is 6.15. The van der Waals surface area contributed by atoms with E-state index in [-0.39, 0.29) is 22.6 Å². The first-order valence-electron chi connectivity index (χ1n) is 9.29. The van der Waals surface area contributed by atoms with Gasteiger partial charge in [-0.15, -0.1) is 0 Å². The fourth-order valence-corrected chi connectivity index (χ4v) is 4.18. The van der Waals surface area contributed by atoms with Crippen molar-refractivity contribution in [1.82, 2.24) is 4.90 Å². The quantitative estimate of drug-likeness (QED) is 0.600. The number of aliphatic imine (C=N–C) groups is 1. The molecule has 1 saturated heterocycles. The van der Waals surface area contributed by atoms with E-state index in [1.165, 1.54) is 17.7 Å². The summed E-state index contributed by atoms with van der Waals surface area (Å²) in [6.45, 7) is 1.94. The molecule has 0 aliphatic carbocycles. The van der Waals surface area contributed by atoms with Crippen LogP contribution in [0.2, 0.25) is 0 Å². The zero-order valence-corrected chi connectivity index (χ0v) is 16.2. The monoisotopic (exact) mass is 381 g/mol. The van der Waals surface area contributed by atoms with Crippen LogP contribution in [0, 0.1) is 10.1 Å². The van der Waals surface area contributed by atoms with Crippen molar-refractivity contribution < 1.29 is 14.4 Å². The maximum absolute atomic E-state index is 11.0. The second kappa shape index (κ2) is 7.24. The molecule has 2 aliphatic heterocycles. The number of fused-ring (bicyclic) bond motifs is 3. The van der Waals surface area contributed by atoms with E-state index in [4.69, 9.17) is 14.5 Å². The van der Waals surface area contributed by atoms with Gasteiger partial charge in [0, 0.05) is 35.7 Å². The van der Waals surface area contributed by atoms with Gasteiger partial charge in [-0.05, 0) is 49.8 Å². The van der Waals surface area contributed by atoms with Crippen LogP contribution < -0.4 is 9.47 Å². The molecule has 1 fully saturated rings. The molecule has 146 valence electrons. The number of piperidine rings is 1. The van der Waals surface area contributed by atoms with Crippen molar-refractivity contribution in [2.24, 2.45) is 4.99 Å². The molecule has 2 aromatic rings. The van der Waals surface area contributed by atoms with E-state index in [1.54, 1.807) is 26.4 Å². The molecule has 0 radical (unpaired) electrons. The van der Waals surface area contributed by atoms with E-state index in [1.807, 2.05) is 6.07 Å². The summed E-state index contributed by atoms with van der Waals surface area (Å²) in [5.74, 6) is 1.65. The Bertz CT molecular complexity index is 939. The summed E-state index contributed by atoms with van der Waals surface area (Å²) < 4.78 is 11.1. The number of likely N-dealkylation sites (tertiary alicyclic amines) is 1. The number of rotatable bonds is 4. The summed E-state index contributed by atoms with van der Waals surface area (Å²) in [5, 5.41) is 11.0. The maximum Gasteiger partial charge on any atom is 0.269 e. The molecule has 4 rings (SSSR count). The number of methoxy groups -OCH3 is 2. The van der Waals surface area contributed by atoms with E-state index in [9.17, 15) is 10.1 Å². The predicted molar refractivity (Wildman–Crippen MR) is 107 cm³/mol. The zero-order chi connectivity index (χ0) is 19.8. The molecule has 7 nitrogen and oxygen atoms in total. The van der Waals surface area contributed by atoms with Crippen molar-refractivity contribution in [3.05, 3.63) is 63.2 Å². The average Bonchev–Trinajstić information content (AvgIpc) is 2.72. The molecule has 0 bridgehead atoms. The Morgan fingerprint density at radius 3 is 2.46 bits per heavy atom. The van der Waals surface area contributed by atoms with Gasteiger partial charge in [0.2, 0.25) is 0 Å². The van der Waals surface area contributed by atoms with Crippen molar-refractivity contribution in [2.75, 3.05) is 34.4 Å². The number of nitro benzene ring substituents is 1. The number of nitro groups is 1. The highest BCUT2D eigenvalue weighted by Gasteiger charge is 2.36. The standard InChI is InChI=1S/C21H23N3O4/c1-23-9-8-18-17(12-23)15-10-19(27-2)20(28-3)11-16(15)21(22-18)13-4-6-14(7-5-13)24(25)26/h4-7,10-11,17-18H,8-9,12H2,1-3H3/t17-,18-/m1/s1. The molecule has 2 atom stereocenters. The minimum Gasteiger partial charge on any atom is -0.493 e. The first kappa shape index (κ1) is 18.4. The van der Waals surface area contributed by atoms with Crippen LogP contribution in [0.5, 0.6) is 11.5 Å². The molecule has 0 aromatic heterocycles. The normalized spacial score (nSPS) is 21.3. The Morgan fingerprint density at radius 2 is 1.82 bits per heavy atom. The van der Waals surface area contributed by atoms with Crippen molar-refractivity contribution >= 4 is 11.4 Å². The molecule has 7 heteroatoms. The molecule has 2 aliphatic rings. The minimum atomic E-state index is -0.388. The average molecular weight is 381 g/mol. The van der Waals surface area contributed by atoms with Crippen molar-refractivity contribution in [3.8, 4) is 11.5 Å². The molecule has 0 spiro atoms. The fourth-order valence-electron chi connectivity index (χ4n) is 4.18. The van der Waals surface area contributed by atoms with E-state index < -0.39 is 0 Å². The molecule has 0 amide bonds. The number of hydrogen-bond donors (Lipinski definition) is 0. The van der Waals surface area contributed by atoms with Gasteiger partial charge in [0.15, 0.2) is 11.5 Å². The third-order valence-electron chi connectivity index (χ3n) is 5.64. The van der Waals surface area contributed by atoms with Gasteiger partial charge < -0.3 is 14.4 Å². The smallest absolute Gasteiger partial charge is 0.269 e. The van der Waals surface area contributed by atoms with Gasteiger partial charge in [-0.25, -0.2) is 0 Å². The predicted octanol–water partition coefficient (Wildman–Crippen LogP) is 3.25. The second-order valence-electron chi connectivity index (χ2n) is 7.30. The Labute approximate surface area is 163 Å². The molecule has 2 heterocycles. The summed E-state index contributed by atoms with van der Waals surface area (Å²) in [7, 11) is 5.39. The summed E-state index contributed by atoms with van der Waals surface area (Å²) >= 11 is 0. The van der Waals surface area contributed by atoms with Crippen LogP contribution in [0.15, 0.2) is 41.4 Å². The first-order chi connectivity index (χ1) is 13.5. The number of benzene rings is 2. The van der Waals surface area contributed by atoms with Gasteiger partial charge in [0.05, 0.1) is 30.9 Å². The maximum atomic E-state index is 11.0. The number of likely N-dealkylation sites (N-methyl/N-ethyl adjacent to an activating group) is 1. The fraction of sp³-hybridized carbons (Fsp3) is 0.381. The van der Waals surface area contributed by atoms with Crippen molar-refractivity contribution in [2.45, 2.75) is 18.4 Å².